The van der Waals surface area contributed by atoms with Crippen LogP contribution in [0.3, 0.4) is 0 Å². The fraction of sp³-hybridized carbons (Fsp3) is 0.333. The molecule has 2 rings (SSSR count). The van der Waals surface area contributed by atoms with Crippen LogP contribution in [-0.2, 0) is 12.6 Å². The molecule has 3 N–H and O–H groups in total. The number of rotatable bonds is 5. The Kier molecular flexibility index (Phi) is 5.38. The van der Waals surface area contributed by atoms with Crippen molar-refractivity contribution in [2.45, 2.75) is 25.6 Å². The lowest BCUT2D eigenvalue weighted by Crippen LogP contribution is -2.27. The summed E-state index contributed by atoms with van der Waals surface area (Å²) < 4.78 is 37.6. The van der Waals surface area contributed by atoms with Gasteiger partial charge in [0.25, 0.3) is 5.91 Å². The van der Waals surface area contributed by atoms with Crippen LogP contribution in [0.2, 0.25) is 0 Å². The molecule has 4 nitrogen and oxygen atoms in total. The van der Waals surface area contributed by atoms with Gasteiger partial charge in [-0.1, -0.05) is 12.1 Å². The van der Waals surface area contributed by atoms with Crippen molar-refractivity contribution in [2.75, 3.05) is 6.54 Å². The molecule has 1 aromatic carbocycles. The molecule has 0 bridgehead atoms. The maximum absolute atomic E-state index is 12.5. The minimum atomic E-state index is -4.37. The largest absolute Gasteiger partial charge is 0.416 e. The molecular weight excluding hydrogens is 327 g/mol. The van der Waals surface area contributed by atoms with Crippen molar-refractivity contribution in [3.8, 4) is 0 Å². The number of aromatic nitrogens is 1. The molecule has 1 unspecified atom stereocenters. The molecule has 0 aliphatic carbocycles. The molecule has 0 saturated heterocycles. The van der Waals surface area contributed by atoms with Crippen LogP contribution in [-0.4, -0.2) is 17.4 Å². The molecule has 1 aromatic heterocycles. The first-order chi connectivity index (χ1) is 10.8. The zero-order valence-electron chi connectivity index (χ0n) is 12.4. The Hall–Kier alpha value is -1.93. The Morgan fingerprint density at radius 3 is 2.57 bits per heavy atom. The second-order valence-electron chi connectivity index (χ2n) is 4.98. The van der Waals surface area contributed by atoms with Gasteiger partial charge in [0.2, 0.25) is 0 Å². The second kappa shape index (κ2) is 7.10. The molecule has 0 fully saturated rings. The van der Waals surface area contributed by atoms with Crippen LogP contribution in [0, 0.1) is 0 Å². The van der Waals surface area contributed by atoms with Crippen LogP contribution >= 0.6 is 11.3 Å². The van der Waals surface area contributed by atoms with Gasteiger partial charge in [0, 0.05) is 11.8 Å². The molecule has 1 amide bonds. The van der Waals surface area contributed by atoms with Gasteiger partial charge < -0.3 is 11.1 Å². The standard InChI is InChI=1S/C15H16F3N3OS/c1-9(10-2-4-11(5-3-10)15(16,17)18)20-14(22)12-8-23-13(21-12)6-7-19/h2-5,8-9H,6-7,19H2,1H3,(H,20,22). The number of amides is 1. The number of halogens is 3. The lowest BCUT2D eigenvalue weighted by atomic mass is 10.1. The molecule has 0 spiro atoms. The van der Waals surface area contributed by atoms with E-state index in [4.69, 9.17) is 5.73 Å². The molecular formula is C15H16F3N3OS. The number of benzene rings is 1. The van der Waals surface area contributed by atoms with Gasteiger partial charge in [-0.15, -0.1) is 11.3 Å². The summed E-state index contributed by atoms with van der Waals surface area (Å²) in [5.41, 5.74) is 5.59. The minimum Gasteiger partial charge on any atom is -0.344 e. The van der Waals surface area contributed by atoms with Crippen molar-refractivity contribution in [3.05, 3.63) is 51.5 Å². The average Bonchev–Trinajstić information content (AvgIpc) is 2.95. The summed E-state index contributed by atoms with van der Waals surface area (Å²) in [6.07, 6.45) is -3.77. The van der Waals surface area contributed by atoms with Crippen molar-refractivity contribution in [3.63, 3.8) is 0 Å². The number of nitrogens with two attached hydrogens (primary N) is 1. The molecule has 0 aliphatic rings. The summed E-state index contributed by atoms with van der Waals surface area (Å²) in [6.45, 7) is 2.16. The fourth-order valence-electron chi connectivity index (χ4n) is 1.97. The first kappa shape index (κ1) is 17.4. The highest BCUT2D eigenvalue weighted by Crippen LogP contribution is 2.29. The van der Waals surface area contributed by atoms with E-state index in [2.05, 4.69) is 10.3 Å². The Balaban J connectivity index is 2.02. The Bertz CT molecular complexity index is 667. The summed E-state index contributed by atoms with van der Waals surface area (Å²) in [7, 11) is 0. The van der Waals surface area contributed by atoms with Crippen LogP contribution in [0.15, 0.2) is 29.6 Å². The highest BCUT2D eigenvalue weighted by Gasteiger charge is 2.30. The first-order valence-corrected chi connectivity index (χ1v) is 7.81. The number of carbonyl (C=O) groups excluding carboxylic acids is 1. The van der Waals surface area contributed by atoms with Gasteiger partial charge in [-0.2, -0.15) is 13.2 Å². The summed E-state index contributed by atoms with van der Waals surface area (Å²) >= 11 is 1.35. The maximum atomic E-state index is 12.5. The number of thiazole rings is 1. The summed E-state index contributed by atoms with van der Waals surface area (Å²) in [4.78, 5) is 16.3. The van der Waals surface area contributed by atoms with Crippen LogP contribution < -0.4 is 11.1 Å². The first-order valence-electron chi connectivity index (χ1n) is 6.93. The number of carbonyl (C=O) groups is 1. The SMILES string of the molecule is CC(NC(=O)c1csc(CCN)n1)c1ccc(C(F)(F)F)cc1. The minimum absolute atomic E-state index is 0.289. The van der Waals surface area contributed by atoms with Gasteiger partial charge in [0.1, 0.15) is 5.69 Å². The summed E-state index contributed by atoms with van der Waals surface area (Å²) in [5.74, 6) is -0.364. The summed E-state index contributed by atoms with van der Waals surface area (Å²) in [5, 5.41) is 5.14. The van der Waals surface area contributed by atoms with E-state index in [9.17, 15) is 18.0 Å². The molecule has 23 heavy (non-hydrogen) atoms. The van der Waals surface area contributed by atoms with Gasteiger partial charge >= 0.3 is 6.18 Å². The number of nitrogens with one attached hydrogen (secondary N) is 1. The van der Waals surface area contributed by atoms with E-state index in [1.165, 1.54) is 23.5 Å². The number of alkyl halides is 3. The third-order valence-corrected chi connectivity index (χ3v) is 4.14. The van der Waals surface area contributed by atoms with E-state index >= 15 is 0 Å². The predicted octanol–water partition coefficient (Wildman–Crippen LogP) is 3.15. The van der Waals surface area contributed by atoms with E-state index in [0.29, 0.717) is 18.5 Å². The van der Waals surface area contributed by atoms with E-state index < -0.39 is 17.8 Å². The van der Waals surface area contributed by atoms with Crippen molar-refractivity contribution in [2.24, 2.45) is 5.73 Å². The smallest absolute Gasteiger partial charge is 0.344 e. The maximum Gasteiger partial charge on any atom is 0.416 e. The predicted molar refractivity (Wildman–Crippen MR) is 82.2 cm³/mol. The van der Waals surface area contributed by atoms with Gasteiger partial charge in [0.15, 0.2) is 0 Å². The highest BCUT2D eigenvalue weighted by atomic mass is 32.1. The molecule has 1 atom stereocenters. The topological polar surface area (TPSA) is 68.0 Å². The van der Waals surface area contributed by atoms with Crippen molar-refractivity contribution >= 4 is 17.2 Å². The number of hydrogen-bond acceptors (Lipinski definition) is 4. The fourth-order valence-corrected chi connectivity index (χ4v) is 2.76. The van der Waals surface area contributed by atoms with E-state index in [1.54, 1.807) is 12.3 Å². The van der Waals surface area contributed by atoms with Gasteiger partial charge in [-0.3, -0.25) is 4.79 Å². The third kappa shape index (κ3) is 4.52. The Morgan fingerprint density at radius 1 is 1.35 bits per heavy atom. The lowest BCUT2D eigenvalue weighted by molar-refractivity contribution is -0.137. The van der Waals surface area contributed by atoms with E-state index in [-0.39, 0.29) is 11.6 Å². The molecule has 1 heterocycles. The molecule has 2 aromatic rings. The quantitative estimate of drug-likeness (QED) is 0.876. The zero-order chi connectivity index (χ0) is 17.0. The molecule has 0 saturated carbocycles. The van der Waals surface area contributed by atoms with Gasteiger partial charge in [0.05, 0.1) is 16.6 Å². The Morgan fingerprint density at radius 2 is 2.00 bits per heavy atom. The molecule has 0 radical (unpaired) electrons. The van der Waals surface area contributed by atoms with Crippen LogP contribution in [0.1, 0.15) is 39.6 Å². The van der Waals surface area contributed by atoms with E-state index in [0.717, 1.165) is 17.1 Å². The third-order valence-electron chi connectivity index (χ3n) is 3.23. The van der Waals surface area contributed by atoms with Crippen LogP contribution in [0.4, 0.5) is 13.2 Å². The van der Waals surface area contributed by atoms with E-state index in [1.807, 2.05) is 0 Å². The van der Waals surface area contributed by atoms with Gasteiger partial charge in [-0.05, 0) is 31.2 Å². The Labute approximate surface area is 135 Å². The monoisotopic (exact) mass is 343 g/mol. The second-order valence-corrected chi connectivity index (χ2v) is 5.92. The van der Waals surface area contributed by atoms with Crippen LogP contribution in [0.25, 0.3) is 0 Å². The highest BCUT2D eigenvalue weighted by molar-refractivity contribution is 7.09. The van der Waals surface area contributed by atoms with Crippen molar-refractivity contribution in [1.82, 2.24) is 10.3 Å². The number of hydrogen-bond donors (Lipinski definition) is 2. The molecule has 0 aliphatic heterocycles. The van der Waals surface area contributed by atoms with Gasteiger partial charge in [-0.25, -0.2) is 4.98 Å². The van der Waals surface area contributed by atoms with Crippen LogP contribution in [0.5, 0.6) is 0 Å². The lowest BCUT2D eigenvalue weighted by Gasteiger charge is -2.14. The molecule has 124 valence electrons. The number of nitrogens with zero attached hydrogens (tertiary/aromatic N) is 1. The summed E-state index contributed by atoms with van der Waals surface area (Å²) in [6, 6.07) is 4.29. The molecule has 8 heteroatoms. The average molecular weight is 343 g/mol. The normalized spacial score (nSPS) is 12.9. The van der Waals surface area contributed by atoms with Crippen molar-refractivity contribution in [1.29, 1.82) is 0 Å². The zero-order valence-corrected chi connectivity index (χ0v) is 13.2. The van der Waals surface area contributed by atoms with Crippen molar-refractivity contribution < 1.29 is 18.0 Å².